The van der Waals surface area contributed by atoms with Gasteiger partial charge in [-0.2, -0.15) is 0 Å². The Kier molecular flexibility index (Phi) is 3.34. The van der Waals surface area contributed by atoms with Crippen molar-refractivity contribution in [2.75, 3.05) is 7.11 Å². The first-order valence-electron chi connectivity index (χ1n) is 8.94. The normalized spacial score (nSPS) is 45.1. The van der Waals surface area contributed by atoms with Crippen molar-refractivity contribution in [2.45, 2.75) is 63.6 Å². The number of benzene rings is 1. The molecule has 0 radical (unpaired) electrons. The summed E-state index contributed by atoms with van der Waals surface area (Å²) in [5.41, 5.74) is 1.84. The van der Waals surface area contributed by atoms with E-state index in [0.29, 0.717) is 17.8 Å². The van der Waals surface area contributed by atoms with E-state index >= 15 is 0 Å². The fourth-order valence-electron chi connectivity index (χ4n) is 6.02. The molecule has 4 rings (SSSR count). The lowest BCUT2D eigenvalue weighted by Crippen LogP contribution is -2.46. The number of ether oxygens (including phenoxy) is 1. The standard InChI is InChI=1S/C20H28O3/c1-19-9-8-15-14-7-5-13(23-3)10-12(14)4-6-16(15)17(19)11-20(2,22)18(19)21/h5,7,10,15-18,21-22H,4,6,8-9,11H2,1-3H3/t15-,16-,17+,18-,19-,20-/m0/s1. The molecule has 2 N–H and O–H groups in total. The summed E-state index contributed by atoms with van der Waals surface area (Å²) in [6.45, 7) is 4.02. The van der Waals surface area contributed by atoms with Crippen molar-refractivity contribution in [3.63, 3.8) is 0 Å². The van der Waals surface area contributed by atoms with E-state index in [-0.39, 0.29) is 5.41 Å². The maximum absolute atomic E-state index is 10.7. The van der Waals surface area contributed by atoms with E-state index in [2.05, 4.69) is 25.1 Å². The van der Waals surface area contributed by atoms with Gasteiger partial charge in [0.25, 0.3) is 0 Å². The number of aliphatic hydroxyl groups is 2. The first kappa shape index (κ1) is 15.5. The lowest BCUT2D eigenvalue weighted by molar-refractivity contribution is -0.0903. The van der Waals surface area contributed by atoms with Crippen molar-refractivity contribution in [3.8, 4) is 5.75 Å². The Balaban J connectivity index is 1.70. The predicted octanol–water partition coefficient (Wildman–Crippen LogP) is 3.27. The monoisotopic (exact) mass is 316 g/mol. The molecule has 3 heteroatoms. The summed E-state index contributed by atoms with van der Waals surface area (Å²) in [5.74, 6) is 2.52. The van der Waals surface area contributed by atoms with E-state index < -0.39 is 11.7 Å². The molecule has 0 unspecified atom stereocenters. The first-order chi connectivity index (χ1) is 10.9. The van der Waals surface area contributed by atoms with Gasteiger partial charge in [0.2, 0.25) is 0 Å². The molecule has 2 saturated carbocycles. The molecule has 0 aliphatic heterocycles. The number of methoxy groups -OCH3 is 1. The third-order valence-corrected chi connectivity index (χ3v) is 7.22. The minimum atomic E-state index is -0.936. The third kappa shape index (κ3) is 2.09. The molecule has 6 atom stereocenters. The molecule has 23 heavy (non-hydrogen) atoms. The molecule has 1 aromatic rings. The van der Waals surface area contributed by atoms with Gasteiger partial charge in [0.1, 0.15) is 5.75 Å². The van der Waals surface area contributed by atoms with Gasteiger partial charge in [-0.15, -0.1) is 0 Å². The number of aryl methyl sites for hydroxylation is 1. The van der Waals surface area contributed by atoms with Crippen molar-refractivity contribution < 1.29 is 14.9 Å². The van der Waals surface area contributed by atoms with E-state index in [9.17, 15) is 10.2 Å². The predicted molar refractivity (Wildman–Crippen MR) is 89.6 cm³/mol. The molecule has 3 aliphatic rings. The summed E-state index contributed by atoms with van der Waals surface area (Å²) in [6.07, 6.45) is 4.49. The van der Waals surface area contributed by atoms with Crippen LogP contribution in [0, 0.1) is 17.3 Å². The van der Waals surface area contributed by atoms with Crippen LogP contribution < -0.4 is 4.74 Å². The SMILES string of the molecule is COc1ccc2c(c1)CC[C@@H]1[C@H]3C[C@](C)(O)[C@@H](O)[C@@]3(C)CC[C@@H]21. The Morgan fingerprint density at radius 2 is 2.00 bits per heavy atom. The van der Waals surface area contributed by atoms with Gasteiger partial charge in [-0.05, 0) is 85.5 Å². The lowest BCUT2D eigenvalue weighted by atomic mass is 9.55. The summed E-state index contributed by atoms with van der Waals surface area (Å²) in [7, 11) is 1.72. The molecule has 0 heterocycles. The Bertz CT molecular complexity index is 623. The molecule has 126 valence electrons. The Morgan fingerprint density at radius 3 is 2.74 bits per heavy atom. The largest absolute Gasteiger partial charge is 0.497 e. The molecule has 2 fully saturated rings. The fourth-order valence-corrected chi connectivity index (χ4v) is 6.02. The minimum absolute atomic E-state index is 0.130. The van der Waals surface area contributed by atoms with Crippen molar-refractivity contribution in [1.29, 1.82) is 0 Å². The van der Waals surface area contributed by atoms with Crippen LogP contribution in [0.3, 0.4) is 0 Å². The van der Waals surface area contributed by atoms with Crippen molar-refractivity contribution >= 4 is 0 Å². The summed E-state index contributed by atoms with van der Waals surface area (Å²) in [5, 5.41) is 21.3. The van der Waals surface area contributed by atoms with E-state index in [4.69, 9.17) is 4.74 Å². The van der Waals surface area contributed by atoms with Crippen molar-refractivity contribution in [3.05, 3.63) is 29.3 Å². The van der Waals surface area contributed by atoms with Crippen LogP contribution in [0.1, 0.15) is 56.6 Å². The highest BCUT2D eigenvalue weighted by Crippen LogP contribution is 2.63. The van der Waals surface area contributed by atoms with Gasteiger partial charge in [-0.1, -0.05) is 13.0 Å². The summed E-state index contributed by atoms with van der Waals surface area (Å²) in [4.78, 5) is 0. The van der Waals surface area contributed by atoms with E-state index in [1.165, 1.54) is 11.1 Å². The topological polar surface area (TPSA) is 49.7 Å². The van der Waals surface area contributed by atoms with Crippen LogP contribution in [0.25, 0.3) is 0 Å². The number of hydrogen-bond donors (Lipinski definition) is 2. The van der Waals surface area contributed by atoms with Gasteiger partial charge in [-0.3, -0.25) is 0 Å². The van der Waals surface area contributed by atoms with Gasteiger partial charge >= 0.3 is 0 Å². The van der Waals surface area contributed by atoms with Gasteiger partial charge in [0.15, 0.2) is 0 Å². The summed E-state index contributed by atoms with van der Waals surface area (Å²) < 4.78 is 5.38. The Labute approximate surface area is 138 Å². The van der Waals surface area contributed by atoms with E-state index in [1.54, 1.807) is 7.11 Å². The number of hydrogen-bond acceptors (Lipinski definition) is 3. The second-order valence-corrected chi connectivity index (χ2v) is 8.49. The second-order valence-electron chi connectivity index (χ2n) is 8.49. The molecule has 0 bridgehead atoms. The van der Waals surface area contributed by atoms with Crippen LogP contribution in [0.2, 0.25) is 0 Å². The highest BCUT2D eigenvalue weighted by atomic mass is 16.5. The van der Waals surface area contributed by atoms with Crippen LogP contribution >= 0.6 is 0 Å². The van der Waals surface area contributed by atoms with E-state index in [0.717, 1.165) is 37.9 Å². The number of rotatable bonds is 1. The molecular formula is C20H28O3. The van der Waals surface area contributed by atoms with Crippen molar-refractivity contribution in [2.24, 2.45) is 17.3 Å². The maximum Gasteiger partial charge on any atom is 0.119 e. The third-order valence-electron chi connectivity index (χ3n) is 7.22. The second kappa shape index (κ2) is 4.97. The van der Waals surface area contributed by atoms with Gasteiger partial charge in [0.05, 0.1) is 18.8 Å². The molecule has 0 amide bonds. The minimum Gasteiger partial charge on any atom is -0.497 e. The highest BCUT2D eigenvalue weighted by molar-refractivity contribution is 5.40. The molecule has 3 nitrogen and oxygen atoms in total. The smallest absolute Gasteiger partial charge is 0.119 e. The zero-order chi connectivity index (χ0) is 16.4. The molecule has 0 spiro atoms. The van der Waals surface area contributed by atoms with Crippen LogP contribution in [-0.2, 0) is 6.42 Å². The van der Waals surface area contributed by atoms with E-state index in [1.807, 2.05) is 6.92 Å². The summed E-state index contributed by atoms with van der Waals surface area (Å²) in [6, 6.07) is 6.52. The molecule has 0 aromatic heterocycles. The van der Waals surface area contributed by atoms with Crippen LogP contribution in [0.4, 0.5) is 0 Å². The quantitative estimate of drug-likeness (QED) is 0.836. The highest BCUT2D eigenvalue weighted by Gasteiger charge is 2.61. The Morgan fingerprint density at radius 1 is 1.22 bits per heavy atom. The lowest BCUT2D eigenvalue weighted by Gasteiger charge is -2.50. The van der Waals surface area contributed by atoms with Crippen LogP contribution in [0.15, 0.2) is 18.2 Å². The zero-order valence-electron chi connectivity index (χ0n) is 14.4. The first-order valence-corrected chi connectivity index (χ1v) is 8.94. The zero-order valence-corrected chi connectivity index (χ0v) is 14.4. The Hall–Kier alpha value is -1.06. The number of aliphatic hydroxyl groups excluding tert-OH is 1. The number of fused-ring (bicyclic) bond motifs is 5. The fraction of sp³-hybridized carbons (Fsp3) is 0.700. The van der Waals surface area contributed by atoms with Crippen molar-refractivity contribution in [1.82, 2.24) is 0 Å². The van der Waals surface area contributed by atoms with Gasteiger partial charge in [0, 0.05) is 0 Å². The average Bonchev–Trinajstić information content (AvgIpc) is 2.73. The van der Waals surface area contributed by atoms with Crippen LogP contribution in [0.5, 0.6) is 5.75 Å². The molecular weight excluding hydrogens is 288 g/mol. The molecule has 3 aliphatic carbocycles. The van der Waals surface area contributed by atoms with Crippen LogP contribution in [-0.4, -0.2) is 29.0 Å². The van der Waals surface area contributed by atoms with Gasteiger partial charge in [-0.25, -0.2) is 0 Å². The molecule has 0 saturated heterocycles. The summed E-state index contributed by atoms with van der Waals surface area (Å²) >= 11 is 0. The van der Waals surface area contributed by atoms with Gasteiger partial charge < -0.3 is 14.9 Å². The maximum atomic E-state index is 10.7. The molecule has 1 aromatic carbocycles. The average molecular weight is 316 g/mol.